The Morgan fingerprint density at radius 3 is 0.913 bits per heavy atom. The van der Waals surface area contributed by atoms with Crippen LogP contribution in [0.25, 0.3) is 0 Å². The van der Waals surface area contributed by atoms with Gasteiger partial charge >= 0.3 is 12.4 Å². The summed E-state index contributed by atoms with van der Waals surface area (Å²) < 4.78 is 83.8. The van der Waals surface area contributed by atoms with Gasteiger partial charge in [0.2, 0.25) is 0 Å². The first kappa shape index (κ1) is 18.9. The Morgan fingerprint density at radius 1 is 0.522 bits per heavy atom. The maximum atomic E-state index is 14.0. The third kappa shape index (κ3) is 2.88. The molecule has 0 aromatic heterocycles. The number of hydrogen-bond acceptors (Lipinski definition) is 0. The summed E-state index contributed by atoms with van der Waals surface area (Å²) in [5, 5.41) is 0. The van der Waals surface area contributed by atoms with E-state index in [0.29, 0.717) is 0 Å². The molecule has 2 saturated carbocycles. The molecule has 2 aliphatic carbocycles. The van der Waals surface area contributed by atoms with Crippen molar-refractivity contribution in [1.29, 1.82) is 0 Å². The second-order valence-corrected chi connectivity index (χ2v) is 8.11. The van der Waals surface area contributed by atoms with Crippen LogP contribution in [0.15, 0.2) is 0 Å². The first-order valence-corrected chi connectivity index (χ1v) is 8.45. The van der Waals surface area contributed by atoms with Crippen molar-refractivity contribution in [2.45, 2.75) is 65.7 Å². The average Bonchev–Trinajstić information content (AvgIpc) is 2.81. The molecular formula is C17H26F6. The molecule has 136 valence electrons. The molecule has 6 heteroatoms. The first-order valence-electron chi connectivity index (χ1n) is 8.45. The van der Waals surface area contributed by atoms with Crippen molar-refractivity contribution in [3.63, 3.8) is 0 Å². The van der Waals surface area contributed by atoms with E-state index < -0.39 is 29.6 Å². The monoisotopic (exact) mass is 344 g/mol. The van der Waals surface area contributed by atoms with Gasteiger partial charge in [0, 0.05) is 0 Å². The van der Waals surface area contributed by atoms with Gasteiger partial charge in [-0.1, -0.05) is 27.7 Å². The molecule has 0 heterocycles. The predicted molar refractivity (Wildman–Crippen MR) is 76.6 cm³/mol. The minimum absolute atomic E-state index is 0.0133. The van der Waals surface area contributed by atoms with Crippen LogP contribution in [0.1, 0.15) is 53.4 Å². The van der Waals surface area contributed by atoms with E-state index in [4.69, 9.17) is 0 Å². The van der Waals surface area contributed by atoms with E-state index in [1.54, 1.807) is 27.7 Å². The summed E-state index contributed by atoms with van der Waals surface area (Å²) in [5.41, 5.74) is -3.54. The van der Waals surface area contributed by atoms with Gasteiger partial charge in [-0.3, -0.25) is 0 Å². The molecule has 0 amide bonds. The fourth-order valence-corrected chi connectivity index (χ4v) is 5.08. The molecular weight excluding hydrogens is 318 g/mol. The maximum Gasteiger partial charge on any atom is 0.403 e. The molecule has 0 aromatic rings. The van der Waals surface area contributed by atoms with Crippen LogP contribution in [0.4, 0.5) is 26.3 Å². The van der Waals surface area contributed by atoms with Gasteiger partial charge < -0.3 is 0 Å². The third-order valence-electron chi connectivity index (χ3n) is 6.79. The lowest BCUT2D eigenvalue weighted by Crippen LogP contribution is -2.58. The summed E-state index contributed by atoms with van der Waals surface area (Å²) in [7, 11) is 0. The third-order valence-corrected chi connectivity index (χ3v) is 6.79. The van der Waals surface area contributed by atoms with Crippen molar-refractivity contribution in [2.75, 3.05) is 0 Å². The largest absolute Gasteiger partial charge is 0.403 e. The zero-order valence-corrected chi connectivity index (χ0v) is 14.1. The van der Waals surface area contributed by atoms with E-state index in [-0.39, 0.29) is 49.4 Å². The van der Waals surface area contributed by atoms with Gasteiger partial charge in [-0.25, -0.2) is 0 Å². The van der Waals surface area contributed by atoms with Crippen molar-refractivity contribution in [3.05, 3.63) is 0 Å². The molecule has 0 N–H and O–H groups in total. The number of hydrogen-bond donors (Lipinski definition) is 0. The normalized spacial score (nSPS) is 39.9. The van der Waals surface area contributed by atoms with Crippen LogP contribution in [0.3, 0.4) is 0 Å². The van der Waals surface area contributed by atoms with Crippen LogP contribution in [-0.4, -0.2) is 12.4 Å². The summed E-state index contributed by atoms with van der Waals surface area (Å²) >= 11 is 0. The van der Waals surface area contributed by atoms with Gasteiger partial charge in [0.25, 0.3) is 0 Å². The molecule has 0 spiro atoms. The highest BCUT2D eigenvalue weighted by molar-refractivity contribution is 5.07. The standard InChI is InChI=1S/C17H26F6/c1-9-5-13(6-10(9)2)15(16(18,19)20,17(21,22)23)14-7-11(3)12(4)8-14/h9-14H,5-8H2,1-4H3. The molecule has 2 fully saturated rings. The fraction of sp³-hybridized carbons (Fsp3) is 1.00. The second kappa shape index (κ2) is 5.83. The molecule has 0 saturated heterocycles. The molecule has 0 aromatic carbocycles. The van der Waals surface area contributed by atoms with Crippen LogP contribution in [0, 0.1) is 40.9 Å². The van der Waals surface area contributed by atoms with Crippen molar-refractivity contribution >= 4 is 0 Å². The average molecular weight is 344 g/mol. The number of halogens is 6. The van der Waals surface area contributed by atoms with Gasteiger partial charge in [-0.2, -0.15) is 26.3 Å². The van der Waals surface area contributed by atoms with Crippen molar-refractivity contribution < 1.29 is 26.3 Å². The highest BCUT2D eigenvalue weighted by Crippen LogP contribution is 2.67. The fourth-order valence-electron chi connectivity index (χ4n) is 5.08. The summed E-state index contributed by atoms with van der Waals surface area (Å²) in [6.45, 7) is 7.06. The topological polar surface area (TPSA) is 0 Å². The Labute approximate surface area is 134 Å². The summed E-state index contributed by atoms with van der Waals surface area (Å²) in [5.74, 6) is -3.09. The molecule has 0 bridgehead atoms. The quantitative estimate of drug-likeness (QED) is 0.504. The summed E-state index contributed by atoms with van der Waals surface area (Å²) in [6, 6.07) is 0. The van der Waals surface area contributed by atoms with E-state index in [1.807, 2.05) is 0 Å². The Hall–Kier alpha value is -0.420. The lowest BCUT2D eigenvalue weighted by molar-refractivity contribution is -0.376. The highest BCUT2D eigenvalue weighted by Gasteiger charge is 2.77. The minimum atomic E-state index is -5.26. The van der Waals surface area contributed by atoms with Crippen molar-refractivity contribution in [1.82, 2.24) is 0 Å². The van der Waals surface area contributed by atoms with Crippen LogP contribution in [-0.2, 0) is 0 Å². The zero-order valence-electron chi connectivity index (χ0n) is 14.1. The van der Waals surface area contributed by atoms with Crippen molar-refractivity contribution in [3.8, 4) is 0 Å². The van der Waals surface area contributed by atoms with Crippen LogP contribution >= 0.6 is 0 Å². The van der Waals surface area contributed by atoms with Gasteiger partial charge in [-0.05, 0) is 61.2 Å². The lowest BCUT2D eigenvalue weighted by atomic mass is 9.63. The van der Waals surface area contributed by atoms with Gasteiger partial charge in [-0.15, -0.1) is 0 Å². The summed E-state index contributed by atoms with van der Waals surface area (Å²) in [6.07, 6.45) is -10.5. The molecule has 2 aliphatic rings. The minimum Gasteiger partial charge on any atom is -0.170 e. The van der Waals surface area contributed by atoms with Gasteiger partial charge in [0.1, 0.15) is 0 Å². The molecule has 0 aliphatic heterocycles. The molecule has 2 rings (SSSR count). The Bertz CT molecular complexity index is 364. The van der Waals surface area contributed by atoms with Crippen molar-refractivity contribution in [2.24, 2.45) is 40.9 Å². The van der Waals surface area contributed by atoms with Crippen LogP contribution in [0.2, 0.25) is 0 Å². The Balaban J connectivity index is 2.54. The predicted octanol–water partition coefficient (Wildman–Crippen LogP) is 6.46. The molecule has 4 atom stereocenters. The molecule has 0 nitrogen and oxygen atoms in total. The van der Waals surface area contributed by atoms with E-state index in [1.165, 1.54) is 0 Å². The van der Waals surface area contributed by atoms with E-state index in [0.717, 1.165) is 0 Å². The number of alkyl halides is 6. The van der Waals surface area contributed by atoms with Gasteiger partial charge in [0.05, 0.1) is 0 Å². The number of rotatable bonds is 2. The smallest absolute Gasteiger partial charge is 0.170 e. The van der Waals surface area contributed by atoms with Gasteiger partial charge in [0.15, 0.2) is 5.41 Å². The molecule has 4 unspecified atom stereocenters. The second-order valence-electron chi connectivity index (χ2n) is 8.11. The van der Waals surface area contributed by atoms with E-state index in [2.05, 4.69) is 0 Å². The lowest BCUT2D eigenvalue weighted by Gasteiger charge is -2.46. The Morgan fingerprint density at radius 2 is 0.739 bits per heavy atom. The highest BCUT2D eigenvalue weighted by atomic mass is 19.4. The Kier molecular flexibility index (Phi) is 4.80. The molecule has 0 radical (unpaired) electrons. The maximum absolute atomic E-state index is 14.0. The van der Waals surface area contributed by atoms with Crippen LogP contribution < -0.4 is 0 Å². The SMILES string of the molecule is CC1CC(C(C2CC(C)C(C)C2)(C(F)(F)F)C(F)(F)F)CC1C. The first-order chi connectivity index (χ1) is 10.3. The van der Waals surface area contributed by atoms with E-state index in [9.17, 15) is 26.3 Å². The zero-order chi connectivity index (χ0) is 17.8. The summed E-state index contributed by atoms with van der Waals surface area (Å²) in [4.78, 5) is 0. The molecule has 23 heavy (non-hydrogen) atoms. The van der Waals surface area contributed by atoms with E-state index >= 15 is 0 Å². The van der Waals surface area contributed by atoms with Crippen LogP contribution in [0.5, 0.6) is 0 Å².